The maximum absolute atomic E-state index is 6.93. The average Bonchev–Trinajstić information content (AvgIpc) is 3.69. The fourth-order valence-electron chi connectivity index (χ4n) is 9.26. The average molecular weight is 815 g/mol. The van der Waals surface area contributed by atoms with Crippen molar-refractivity contribution in [3.05, 3.63) is 152 Å². The summed E-state index contributed by atoms with van der Waals surface area (Å²) in [7, 11) is -0.907. The molecule has 2 aliphatic carbocycles. The summed E-state index contributed by atoms with van der Waals surface area (Å²) in [6, 6.07) is 37.7. The van der Waals surface area contributed by atoms with E-state index in [2.05, 4.69) is 192 Å². The van der Waals surface area contributed by atoms with Crippen LogP contribution in [0.4, 0.5) is 5.69 Å². The van der Waals surface area contributed by atoms with E-state index in [9.17, 15) is 0 Å². The topological polar surface area (TPSA) is 26.0 Å². The van der Waals surface area contributed by atoms with Crippen LogP contribution < -0.4 is 16.3 Å². The standard InChI is InChI=1S/C53H65ClNPS/c1-49(2,3)37-28-38(50(4,5)6)31-42(30-37)56(43-32-39(51(7,8)9)29-40(33-43)52(10,11)12)46(57-44-21-19-41(54)20-22-44)27-36-17-13-15-34-23-25-53(47(34)36)26-24-35-16-14-18-45(55)48(35)53/h13-22,28-33,46H,23-27,55H2,1-12H3/t46?,53-/m1/s1. The Balaban J connectivity index is 1.52. The number of halogens is 1. The summed E-state index contributed by atoms with van der Waals surface area (Å²) < 4.78 is 0. The maximum Gasteiger partial charge on any atom is 0.0416 e. The molecular weight excluding hydrogens is 749 g/mol. The first-order valence-electron chi connectivity index (χ1n) is 21.1. The molecule has 0 bridgehead atoms. The normalized spacial score (nSPS) is 17.6. The second-order valence-electron chi connectivity index (χ2n) is 21.1. The Morgan fingerprint density at radius 1 is 0.596 bits per heavy atom. The molecule has 1 nitrogen and oxygen atoms in total. The van der Waals surface area contributed by atoms with Crippen molar-refractivity contribution >= 4 is 47.6 Å². The van der Waals surface area contributed by atoms with Gasteiger partial charge in [0.05, 0.1) is 0 Å². The second kappa shape index (κ2) is 15.2. The molecule has 0 saturated carbocycles. The molecule has 5 aromatic rings. The minimum absolute atomic E-state index is 0.00207. The number of hydrogen-bond donors (Lipinski definition) is 1. The molecule has 1 spiro atoms. The highest BCUT2D eigenvalue weighted by Crippen LogP contribution is 2.57. The van der Waals surface area contributed by atoms with Crippen molar-refractivity contribution in [1.29, 1.82) is 0 Å². The van der Waals surface area contributed by atoms with Crippen molar-refractivity contribution < 1.29 is 0 Å². The Morgan fingerprint density at radius 2 is 1.04 bits per heavy atom. The molecule has 2 N–H and O–H groups in total. The van der Waals surface area contributed by atoms with Gasteiger partial charge in [-0.3, -0.25) is 0 Å². The molecule has 5 aromatic carbocycles. The van der Waals surface area contributed by atoms with Crippen LogP contribution in [0.5, 0.6) is 0 Å². The number of aryl methyl sites for hydroxylation is 2. The van der Waals surface area contributed by atoms with Crippen LogP contribution in [-0.2, 0) is 46.3 Å². The van der Waals surface area contributed by atoms with Crippen molar-refractivity contribution in [2.24, 2.45) is 0 Å². The summed E-state index contributed by atoms with van der Waals surface area (Å²) in [6.07, 6.45) is 5.42. The summed E-state index contributed by atoms with van der Waals surface area (Å²) in [4.78, 5) is 1.51. The van der Waals surface area contributed by atoms with Gasteiger partial charge >= 0.3 is 0 Å². The molecule has 0 saturated heterocycles. The van der Waals surface area contributed by atoms with E-state index in [4.69, 9.17) is 17.3 Å². The number of hydrogen-bond acceptors (Lipinski definition) is 2. The first-order valence-corrected chi connectivity index (χ1v) is 23.7. The van der Waals surface area contributed by atoms with E-state index >= 15 is 0 Å². The Hall–Kier alpha value is -3.03. The summed E-state index contributed by atoms with van der Waals surface area (Å²) in [5.74, 6) is 0. The molecule has 2 atom stereocenters. The van der Waals surface area contributed by atoms with Gasteiger partial charge in [0, 0.05) is 26.0 Å². The minimum atomic E-state index is -0.907. The van der Waals surface area contributed by atoms with Crippen molar-refractivity contribution in [3.63, 3.8) is 0 Å². The molecule has 0 aliphatic heterocycles. The van der Waals surface area contributed by atoms with Crippen LogP contribution in [0.2, 0.25) is 5.02 Å². The molecule has 0 heterocycles. The van der Waals surface area contributed by atoms with Crippen molar-refractivity contribution in [3.8, 4) is 0 Å². The zero-order valence-electron chi connectivity index (χ0n) is 36.7. The molecular formula is C53H65ClNPS. The predicted octanol–water partition coefficient (Wildman–Crippen LogP) is 14.1. The van der Waals surface area contributed by atoms with Crippen molar-refractivity contribution in [1.82, 2.24) is 0 Å². The largest absolute Gasteiger partial charge is 0.398 e. The molecule has 0 amide bonds. The van der Waals surface area contributed by atoms with E-state index in [1.54, 1.807) is 5.56 Å². The van der Waals surface area contributed by atoms with Gasteiger partial charge in [-0.1, -0.05) is 161 Å². The summed E-state index contributed by atoms with van der Waals surface area (Å²) in [5, 5.41) is 3.72. The summed E-state index contributed by atoms with van der Waals surface area (Å²) in [5.41, 5.74) is 20.9. The summed E-state index contributed by atoms with van der Waals surface area (Å²) in [6.45, 7) is 28.5. The highest BCUT2D eigenvalue weighted by atomic mass is 35.5. The molecule has 0 radical (unpaired) electrons. The highest BCUT2D eigenvalue weighted by molar-refractivity contribution is 8.07. The van der Waals surface area contributed by atoms with Crippen molar-refractivity contribution in [2.75, 3.05) is 5.73 Å². The van der Waals surface area contributed by atoms with Gasteiger partial charge in [-0.25, -0.2) is 0 Å². The van der Waals surface area contributed by atoms with E-state index in [-0.39, 0.29) is 32.1 Å². The van der Waals surface area contributed by atoms with E-state index in [1.165, 1.54) is 60.0 Å². The van der Waals surface area contributed by atoms with Crippen LogP contribution in [0.15, 0.2) is 102 Å². The summed E-state index contributed by atoms with van der Waals surface area (Å²) >= 11 is 8.60. The van der Waals surface area contributed by atoms with Gasteiger partial charge in [0.2, 0.25) is 0 Å². The van der Waals surface area contributed by atoms with Crippen LogP contribution in [-0.4, -0.2) is 4.99 Å². The van der Waals surface area contributed by atoms with Gasteiger partial charge in [-0.05, 0) is 153 Å². The van der Waals surface area contributed by atoms with Crippen molar-refractivity contribution in [2.45, 2.75) is 152 Å². The molecule has 4 heteroatoms. The molecule has 7 rings (SSSR count). The quantitative estimate of drug-likeness (QED) is 0.101. The number of anilines is 1. The van der Waals surface area contributed by atoms with Crippen LogP contribution in [0.25, 0.3) is 0 Å². The fourth-order valence-corrected chi connectivity index (χ4v) is 14.2. The SMILES string of the molecule is CC(C)(C)c1cc(P(c2cc(C(C)(C)C)cc(C(C)(C)C)c2)C(Cc2cccc3c2[C@]2(CCc4cccc(N)c42)CC3)Sc2ccc(Cl)cc2)cc(C(C)(C)C)c1. The zero-order chi connectivity index (χ0) is 41.3. The third kappa shape index (κ3) is 8.54. The molecule has 1 unspecified atom stereocenters. The van der Waals surface area contributed by atoms with E-state index < -0.39 is 7.92 Å². The van der Waals surface area contributed by atoms with E-state index in [1.807, 2.05) is 0 Å². The Labute approximate surface area is 355 Å². The second-order valence-corrected chi connectivity index (χ2v) is 25.5. The predicted molar refractivity (Wildman–Crippen MR) is 253 cm³/mol. The number of nitrogens with two attached hydrogens (primary N) is 1. The monoisotopic (exact) mass is 813 g/mol. The van der Waals surface area contributed by atoms with E-state index in [0.717, 1.165) is 42.8 Å². The Kier molecular flexibility index (Phi) is 11.2. The lowest BCUT2D eigenvalue weighted by Crippen LogP contribution is -2.29. The lowest BCUT2D eigenvalue weighted by atomic mass is 9.74. The van der Waals surface area contributed by atoms with Gasteiger partial charge in [-0.15, -0.1) is 11.8 Å². The maximum atomic E-state index is 6.93. The van der Waals surface area contributed by atoms with Crippen LogP contribution >= 0.6 is 31.3 Å². The lowest BCUT2D eigenvalue weighted by molar-refractivity contribution is 0.505. The Morgan fingerprint density at radius 3 is 1.49 bits per heavy atom. The number of fused-ring (bicyclic) bond motifs is 4. The molecule has 0 fully saturated rings. The smallest absolute Gasteiger partial charge is 0.0416 e. The first kappa shape index (κ1) is 42.1. The lowest BCUT2D eigenvalue weighted by Gasteiger charge is -2.35. The number of benzene rings is 5. The number of thioether (sulfide) groups is 1. The number of rotatable bonds is 7. The van der Waals surface area contributed by atoms with Crippen LogP contribution in [0, 0.1) is 0 Å². The fraction of sp³-hybridized carbons (Fsp3) is 0.434. The molecule has 0 aromatic heterocycles. The third-order valence-corrected chi connectivity index (χ3v) is 17.2. The zero-order valence-corrected chi connectivity index (χ0v) is 39.1. The highest BCUT2D eigenvalue weighted by Gasteiger charge is 2.47. The molecule has 300 valence electrons. The van der Waals surface area contributed by atoms with Gasteiger partial charge in [0.15, 0.2) is 0 Å². The molecule has 2 aliphatic rings. The number of nitrogen functional groups attached to an aromatic ring is 1. The van der Waals surface area contributed by atoms with Crippen LogP contribution in [0.3, 0.4) is 0 Å². The van der Waals surface area contributed by atoms with E-state index in [0.29, 0.717) is 0 Å². The van der Waals surface area contributed by atoms with Gasteiger partial charge in [0.1, 0.15) is 0 Å². The minimum Gasteiger partial charge on any atom is -0.398 e. The van der Waals surface area contributed by atoms with Crippen LogP contribution in [0.1, 0.15) is 146 Å². The van der Waals surface area contributed by atoms with Gasteiger partial charge in [0.25, 0.3) is 0 Å². The Bertz CT molecular complexity index is 2130. The first-order chi connectivity index (χ1) is 26.5. The van der Waals surface area contributed by atoms with Gasteiger partial charge < -0.3 is 5.73 Å². The van der Waals surface area contributed by atoms with Gasteiger partial charge in [-0.2, -0.15) is 0 Å². The third-order valence-electron chi connectivity index (χ3n) is 12.6. The molecule has 57 heavy (non-hydrogen) atoms.